The molecule has 1 N–H and O–H groups in total. The highest BCUT2D eigenvalue weighted by molar-refractivity contribution is 6.44. The standard InChI is InChI=1S/C29H42Cl2N4O/c1-20-24(28(36)34-15-13-33(5)14-16-34)17-25(35(20)19-21-9-7-6-8-10-21)23-12-11-22(26(30)27(23)31)18-32-29(2,3)4/h11-12,17,21,32H,6-10,13-16,18-19H2,1-5H3. The van der Waals surface area contributed by atoms with Crippen LogP contribution >= 0.6 is 23.2 Å². The predicted octanol–water partition coefficient (Wildman–Crippen LogP) is 6.63. The fourth-order valence-corrected chi connectivity index (χ4v) is 5.92. The highest BCUT2D eigenvalue weighted by Gasteiger charge is 2.27. The molecule has 1 amide bonds. The van der Waals surface area contributed by atoms with E-state index in [0.29, 0.717) is 22.5 Å². The van der Waals surface area contributed by atoms with E-state index in [-0.39, 0.29) is 11.4 Å². The summed E-state index contributed by atoms with van der Waals surface area (Å²) in [5.41, 5.74) is 4.69. The van der Waals surface area contributed by atoms with Crippen molar-refractivity contribution in [3.8, 4) is 11.3 Å². The smallest absolute Gasteiger partial charge is 0.255 e. The number of halogens is 2. The van der Waals surface area contributed by atoms with Gasteiger partial charge in [0.2, 0.25) is 0 Å². The molecule has 5 nitrogen and oxygen atoms in total. The third-order valence-corrected chi connectivity index (χ3v) is 8.72. The number of nitrogens with one attached hydrogen (secondary N) is 1. The molecular weight excluding hydrogens is 491 g/mol. The van der Waals surface area contributed by atoms with E-state index in [1.165, 1.54) is 32.1 Å². The molecule has 1 saturated carbocycles. The van der Waals surface area contributed by atoms with Crippen LogP contribution in [0.3, 0.4) is 0 Å². The molecule has 2 heterocycles. The largest absolute Gasteiger partial charge is 0.344 e. The summed E-state index contributed by atoms with van der Waals surface area (Å²) in [6.07, 6.45) is 6.38. The van der Waals surface area contributed by atoms with Gasteiger partial charge in [0.1, 0.15) is 0 Å². The Morgan fingerprint density at radius 3 is 2.33 bits per heavy atom. The van der Waals surface area contributed by atoms with Gasteiger partial charge in [-0.25, -0.2) is 0 Å². The fraction of sp³-hybridized carbons (Fsp3) is 0.621. The minimum atomic E-state index is -0.0151. The minimum Gasteiger partial charge on any atom is -0.344 e. The van der Waals surface area contributed by atoms with E-state index in [0.717, 1.165) is 60.8 Å². The minimum absolute atomic E-state index is 0.0151. The zero-order valence-electron chi connectivity index (χ0n) is 22.6. The van der Waals surface area contributed by atoms with Gasteiger partial charge in [-0.2, -0.15) is 0 Å². The van der Waals surface area contributed by atoms with Gasteiger partial charge in [-0.15, -0.1) is 0 Å². The van der Waals surface area contributed by atoms with Gasteiger partial charge in [0, 0.05) is 56.1 Å². The summed E-state index contributed by atoms with van der Waals surface area (Å²) in [6.45, 7) is 13.4. The van der Waals surface area contributed by atoms with E-state index in [1.807, 2.05) is 4.90 Å². The number of benzene rings is 1. The number of carbonyl (C=O) groups excluding carboxylic acids is 1. The van der Waals surface area contributed by atoms with Crippen molar-refractivity contribution in [3.05, 3.63) is 45.1 Å². The zero-order valence-corrected chi connectivity index (χ0v) is 24.1. The van der Waals surface area contributed by atoms with Gasteiger partial charge >= 0.3 is 0 Å². The third kappa shape index (κ3) is 6.30. The SMILES string of the molecule is Cc1c(C(=O)N2CCN(C)CC2)cc(-c2ccc(CNC(C)(C)C)c(Cl)c2Cl)n1CC1CCCCC1. The molecule has 0 radical (unpaired) electrons. The summed E-state index contributed by atoms with van der Waals surface area (Å²) in [5.74, 6) is 0.747. The summed E-state index contributed by atoms with van der Waals surface area (Å²) < 4.78 is 2.34. The number of amides is 1. The number of carbonyl (C=O) groups is 1. The first-order valence-corrected chi connectivity index (χ1v) is 14.2. The van der Waals surface area contributed by atoms with Gasteiger partial charge in [0.15, 0.2) is 0 Å². The molecule has 36 heavy (non-hydrogen) atoms. The van der Waals surface area contributed by atoms with Crippen molar-refractivity contribution in [1.82, 2.24) is 19.7 Å². The summed E-state index contributed by atoms with van der Waals surface area (Å²) in [5, 5.41) is 4.64. The summed E-state index contributed by atoms with van der Waals surface area (Å²) in [4.78, 5) is 17.9. The first-order valence-electron chi connectivity index (χ1n) is 13.5. The maximum atomic E-state index is 13.6. The van der Waals surface area contributed by atoms with Crippen molar-refractivity contribution >= 4 is 29.1 Å². The molecule has 0 bridgehead atoms. The maximum Gasteiger partial charge on any atom is 0.255 e. The van der Waals surface area contributed by atoms with Crippen LogP contribution in [0.25, 0.3) is 11.3 Å². The Balaban J connectivity index is 1.71. The number of likely N-dealkylation sites (N-methyl/N-ethyl adjacent to an activating group) is 1. The average Bonchev–Trinajstić information content (AvgIpc) is 3.16. The molecule has 1 aliphatic carbocycles. The van der Waals surface area contributed by atoms with Crippen molar-refractivity contribution < 1.29 is 4.79 Å². The van der Waals surface area contributed by atoms with Crippen LogP contribution in [0.1, 0.15) is 74.5 Å². The third-order valence-electron chi connectivity index (χ3n) is 7.80. The Bertz CT molecular complexity index is 1070. The molecule has 198 valence electrons. The first kappa shape index (κ1) is 27.5. The quantitative estimate of drug-likeness (QED) is 0.453. The van der Waals surface area contributed by atoms with E-state index in [2.05, 4.69) is 67.7 Å². The Labute approximate surface area is 227 Å². The highest BCUT2D eigenvalue weighted by atomic mass is 35.5. The Morgan fingerprint density at radius 2 is 1.69 bits per heavy atom. The molecular formula is C29H42Cl2N4O. The molecule has 0 spiro atoms. The van der Waals surface area contributed by atoms with Crippen LogP contribution in [-0.2, 0) is 13.1 Å². The second-order valence-electron chi connectivity index (χ2n) is 11.7. The van der Waals surface area contributed by atoms with Gasteiger partial charge in [-0.3, -0.25) is 4.79 Å². The van der Waals surface area contributed by atoms with E-state index < -0.39 is 0 Å². The van der Waals surface area contributed by atoms with E-state index in [4.69, 9.17) is 23.2 Å². The Morgan fingerprint density at radius 1 is 1.03 bits per heavy atom. The normalized spacial score (nSPS) is 18.1. The number of piperazine rings is 1. The van der Waals surface area contributed by atoms with Crippen molar-refractivity contribution in [1.29, 1.82) is 0 Å². The number of hydrogen-bond donors (Lipinski definition) is 1. The molecule has 1 aliphatic heterocycles. The van der Waals surface area contributed by atoms with Crippen LogP contribution in [-0.4, -0.2) is 59.0 Å². The second-order valence-corrected chi connectivity index (χ2v) is 12.5. The lowest BCUT2D eigenvalue weighted by molar-refractivity contribution is 0.0663. The zero-order chi connectivity index (χ0) is 26.0. The molecule has 1 aromatic heterocycles. The molecule has 1 aromatic carbocycles. The summed E-state index contributed by atoms with van der Waals surface area (Å²) >= 11 is 13.7. The summed E-state index contributed by atoms with van der Waals surface area (Å²) in [6, 6.07) is 6.20. The van der Waals surface area contributed by atoms with Crippen molar-refractivity contribution in [2.45, 2.75) is 78.4 Å². The lowest BCUT2D eigenvalue weighted by Gasteiger charge is -2.32. The first-order chi connectivity index (χ1) is 17.0. The van der Waals surface area contributed by atoms with E-state index in [1.54, 1.807) is 0 Å². The van der Waals surface area contributed by atoms with Crippen LogP contribution in [0.5, 0.6) is 0 Å². The van der Waals surface area contributed by atoms with Gasteiger partial charge in [0.25, 0.3) is 5.91 Å². The lowest BCUT2D eigenvalue weighted by Crippen LogP contribution is -2.47. The molecule has 0 unspecified atom stereocenters. The average molecular weight is 534 g/mol. The molecule has 7 heteroatoms. The summed E-state index contributed by atoms with van der Waals surface area (Å²) in [7, 11) is 2.11. The van der Waals surface area contributed by atoms with Gasteiger partial charge in [-0.1, -0.05) is 54.6 Å². The topological polar surface area (TPSA) is 40.5 Å². The van der Waals surface area contributed by atoms with Crippen LogP contribution < -0.4 is 5.32 Å². The van der Waals surface area contributed by atoms with Crippen molar-refractivity contribution in [2.75, 3.05) is 33.2 Å². The Hall–Kier alpha value is -1.53. The fourth-order valence-electron chi connectivity index (χ4n) is 5.41. The van der Waals surface area contributed by atoms with Crippen molar-refractivity contribution in [2.24, 2.45) is 5.92 Å². The molecule has 4 rings (SSSR count). The van der Waals surface area contributed by atoms with Crippen LogP contribution in [0.2, 0.25) is 10.0 Å². The number of nitrogens with zero attached hydrogens (tertiary/aromatic N) is 3. The van der Waals surface area contributed by atoms with Crippen LogP contribution in [0, 0.1) is 12.8 Å². The maximum absolute atomic E-state index is 13.6. The molecule has 2 aromatic rings. The van der Waals surface area contributed by atoms with Crippen molar-refractivity contribution in [3.63, 3.8) is 0 Å². The van der Waals surface area contributed by atoms with Crippen LogP contribution in [0.15, 0.2) is 18.2 Å². The molecule has 2 fully saturated rings. The van der Waals surface area contributed by atoms with Crippen LogP contribution in [0.4, 0.5) is 0 Å². The monoisotopic (exact) mass is 532 g/mol. The Kier molecular flexibility index (Phi) is 8.76. The van der Waals surface area contributed by atoms with E-state index >= 15 is 0 Å². The molecule has 0 atom stereocenters. The molecule has 1 saturated heterocycles. The molecule has 2 aliphatic rings. The second kappa shape index (κ2) is 11.5. The lowest BCUT2D eigenvalue weighted by atomic mass is 9.89. The van der Waals surface area contributed by atoms with Gasteiger partial charge in [-0.05, 0) is 65.1 Å². The number of aromatic nitrogens is 1. The van der Waals surface area contributed by atoms with Gasteiger partial charge < -0.3 is 19.7 Å². The predicted molar refractivity (Wildman–Crippen MR) is 151 cm³/mol. The number of hydrogen-bond acceptors (Lipinski definition) is 3. The highest BCUT2D eigenvalue weighted by Crippen LogP contribution is 2.39. The van der Waals surface area contributed by atoms with E-state index in [9.17, 15) is 4.79 Å². The number of rotatable bonds is 6. The van der Waals surface area contributed by atoms with Gasteiger partial charge in [0.05, 0.1) is 21.3 Å².